The van der Waals surface area contributed by atoms with Crippen molar-refractivity contribution in [2.45, 2.75) is 57.3 Å². The van der Waals surface area contributed by atoms with Crippen molar-refractivity contribution in [3.8, 4) is 0 Å². The zero-order valence-corrected chi connectivity index (χ0v) is 21.7. The van der Waals surface area contributed by atoms with Gasteiger partial charge in [0, 0.05) is 47.3 Å². The molecule has 0 spiro atoms. The maximum atomic E-state index is 6.03. The normalized spacial score (nSPS) is 23.7. The molecule has 35 heavy (non-hydrogen) atoms. The van der Waals surface area contributed by atoms with E-state index in [0.29, 0.717) is 12.0 Å². The fourth-order valence-corrected chi connectivity index (χ4v) is 7.31. The first-order valence-electron chi connectivity index (χ1n) is 12.7. The standard InChI is InChI=1S/C27H32N4O2S2/c1-18-20(5-4-11-31(18)12-14-33-26-6-2-3-13-32-26)25-16-21-22(9-10-28-27(21)35-25)30-19-7-8-24-23(15-19)29-17-34-24/h7-10,15-18,20,26H,2-6,11-14H2,1H3,(H,28,30). The van der Waals surface area contributed by atoms with E-state index in [1.54, 1.807) is 11.3 Å². The third-order valence-corrected chi connectivity index (χ3v) is 9.35. The number of anilines is 2. The number of fused-ring (bicyclic) bond motifs is 2. The zero-order valence-electron chi connectivity index (χ0n) is 20.1. The largest absolute Gasteiger partial charge is 0.355 e. The summed E-state index contributed by atoms with van der Waals surface area (Å²) in [6, 6.07) is 11.3. The van der Waals surface area contributed by atoms with Crippen LogP contribution in [-0.2, 0) is 9.47 Å². The minimum atomic E-state index is -0.00420. The van der Waals surface area contributed by atoms with E-state index in [1.165, 1.54) is 34.2 Å². The Hall–Kier alpha value is -2.10. The summed E-state index contributed by atoms with van der Waals surface area (Å²) < 4.78 is 13.0. The molecule has 3 unspecified atom stereocenters. The fourth-order valence-electron chi connectivity index (χ4n) is 5.39. The van der Waals surface area contributed by atoms with E-state index in [9.17, 15) is 0 Å². The second kappa shape index (κ2) is 10.5. The molecule has 2 aliphatic rings. The summed E-state index contributed by atoms with van der Waals surface area (Å²) in [5.74, 6) is 0.521. The Morgan fingerprint density at radius 3 is 3.03 bits per heavy atom. The van der Waals surface area contributed by atoms with Gasteiger partial charge < -0.3 is 14.8 Å². The van der Waals surface area contributed by atoms with Crippen LogP contribution in [0.4, 0.5) is 11.4 Å². The first kappa shape index (κ1) is 23.3. The predicted molar refractivity (Wildman–Crippen MR) is 145 cm³/mol. The maximum Gasteiger partial charge on any atom is 0.157 e. The highest BCUT2D eigenvalue weighted by atomic mass is 32.1. The van der Waals surface area contributed by atoms with Crippen LogP contribution in [0.1, 0.15) is 49.8 Å². The SMILES string of the molecule is CC1C(c2cc3c(Nc4ccc5scnc5c4)ccnc3s2)CCCN1CCOC1CCCCO1. The molecule has 4 aromatic rings. The number of likely N-dealkylation sites (tertiary alicyclic amines) is 1. The molecule has 3 aromatic heterocycles. The zero-order chi connectivity index (χ0) is 23.6. The van der Waals surface area contributed by atoms with Gasteiger partial charge in [0.05, 0.1) is 28.0 Å². The molecule has 0 bridgehead atoms. The summed E-state index contributed by atoms with van der Waals surface area (Å²) in [5.41, 5.74) is 5.09. The summed E-state index contributed by atoms with van der Waals surface area (Å²) in [6.07, 6.45) is 7.75. The molecule has 0 saturated carbocycles. The number of nitrogens with zero attached hydrogens (tertiary/aromatic N) is 3. The van der Waals surface area contributed by atoms with Gasteiger partial charge in [-0.05, 0) is 75.9 Å². The van der Waals surface area contributed by atoms with E-state index < -0.39 is 0 Å². The van der Waals surface area contributed by atoms with Crippen molar-refractivity contribution in [3.63, 3.8) is 0 Å². The maximum absolute atomic E-state index is 6.03. The van der Waals surface area contributed by atoms with Gasteiger partial charge in [-0.1, -0.05) is 0 Å². The number of piperidine rings is 1. The number of benzene rings is 1. The topological polar surface area (TPSA) is 59.5 Å². The fraction of sp³-hybridized carbons (Fsp3) is 0.481. The lowest BCUT2D eigenvalue weighted by Crippen LogP contribution is -2.44. The van der Waals surface area contributed by atoms with Gasteiger partial charge in [-0.2, -0.15) is 0 Å². The van der Waals surface area contributed by atoms with E-state index in [0.717, 1.165) is 60.9 Å². The molecule has 2 saturated heterocycles. The quantitative estimate of drug-likeness (QED) is 0.298. The lowest BCUT2D eigenvalue weighted by atomic mass is 9.88. The van der Waals surface area contributed by atoms with Crippen LogP contribution in [0.25, 0.3) is 20.4 Å². The Kier molecular flexibility index (Phi) is 6.98. The number of aromatic nitrogens is 2. The molecule has 1 aromatic carbocycles. The van der Waals surface area contributed by atoms with E-state index in [1.807, 2.05) is 23.0 Å². The Balaban J connectivity index is 1.16. The molecule has 0 radical (unpaired) electrons. The van der Waals surface area contributed by atoms with Gasteiger partial charge in [-0.15, -0.1) is 22.7 Å². The van der Waals surface area contributed by atoms with Gasteiger partial charge in [0.25, 0.3) is 0 Å². The Labute approximate surface area is 214 Å². The first-order valence-corrected chi connectivity index (χ1v) is 14.4. The molecule has 184 valence electrons. The van der Waals surface area contributed by atoms with Crippen molar-refractivity contribution in [2.75, 3.05) is 31.6 Å². The first-order chi connectivity index (χ1) is 17.2. The minimum Gasteiger partial charge on any atom is -0.355 e. The molecule has 3 atom stereocenters. The summed E-state index contributed by atoms with van der Waals surface area (Å²) in [7, 11) is 0. The van der Waals surface area contributed by atoms with Gasteiger partial charge in [-0.3, -0.25) is 4.90 Å². The van der Waals surface area contributed by atoms with Crippen LogP contribution in [0.15, 0.2) is 42.0 Å². The van der Waals surface area contributed by atoms with Crippen LogP contribution >= 0.6 is 22.7 Å². The van der Waals surface area contributed by atoms with E-state index in [4.69, 9.17) is 14.5 Å². The summed E-state index contributed by atoms with van der Waals surface area (Å²) in [5, 5.41) is 4.82. The third kappa shape index (κ3) is 5.08. The monoisotopic (exact) mass is 508 g/mol. The Morgan fingerprint density at radius 2 is 2.11 bits per heavy atom. The van der Waals surface area contributed by atoms with Crippen molar-refractivity contribution in [2.24, 2.45) is 0 Å². The van der Waals surface area contributed by atoms with Crippen LogP contribution in [0, 0.1) is 0 Å². The molecule has 6 nitrogen and oxygen atoms in total. The van der Waals surface area contributed by atoms with E-state index in [2.05, 4.69) is 52.5 Å². The van der Waals surface area contributed by atoms with Gasteiger partial charge in [0.2, 0.25) is 0 Å². The highest BCUT2D eigenvalue weighted by molar-refractivity contribution is 7.18. The highest BCUT2D eigenvalue weighted by Gasteiger charge is 2.30. The van der Waals surface area contributed by atoms with E-state index >= 15 is 0 Å². The lowest BCUT2D eigenvalue weighted by Gasteiger charge is -2.39. The van der Waals surface area contributed by atoms with Crippen molar-refractivity contribution >= 4 is 54.5 Å². The molecular formula is C27H32N4O2S2. The molecular weight excluding hydrogens is 476 g/mol. The van der Waals surface area contributed by atoms with Crippen molar-refractivity contribution in [1.29, 1.82) is 0 Å². The molecule has 6 rings (SSSR count). The molecule has 5 heterocycles. The Bertz CT molecular complexity index is 1280. The number of thiophene rings is 1. The molecule has 0 amide bonds. The second-order valence-corrected chi connectivity index (χ2v) is 11.5. The predicted octanol–water partition coefficient (Wildman–Crippen LogP) is 6.76. The van der Waals surface area contributed by atoms with Gasteiger partial charge in [0.15, 0.2) is 6.29 Å². The smallest absolute Gasteiger partial charge is 0.157 e. The molecule has 0 aliphatic carbocycles. The summed E-state index contributed by atoms with van der Waals surface area (Å²) in [6.45, 7) is 6.06. The third-order valence-electron chi connectivity index (χ3n) is 7.37. The van der Waals surface area contributed by atoms with Gasteiger partial charge >= 0.3 is 0 Å². The number of ether oxygens (including phenoxy) is 2. The highest BCUT2D eigenvalue weighted by Crippen LogP contribution is 2.40. The minimum absolute atomic E-state index is 0.00420. The number of hydrogen-bond donors (Lipinski definition) is 1. The number of nitrogens with one attached hydrogen (secondary N) is 1. The lowest BCUT2D eigenvalue weighted by molar-refractivity contribution is -0.165. The molecule has 1 N–H and O–H groups in total. The van der Waals surface area contributed by atoms with Crippen molar-refractivity contribution < 1.29 is 9.47 Å². The summed E-state index contributed by atoms with van der Waals surface area (Å²) in [4.78, 5) is 14.3. The second-order valence-electron chi connectivity index (χ2n) is 9.58. The number of thiazole rings is 1. The van der Waals surface area contributed by atoms with Crippen molar-refractivity contribution in [1.82, 2.24) is 14.9 Å². The number of pyridine rings is 1. The van der Waals surface area contributed by atoms with Crippen LogP contribution in [0.3, 0.4) is 0 Å². The summed E-state index contributed by atoms with van der Waals surface area (Å²) >= 11 is 3.52. The average molecular weight is 509 g/mol. The van der Waals surface area contributed by atoms with Crippen molar-refractivity contribution in [3.05, 3.63) is 46.9 Å². The van der Waals surface area contributed by atoms with Gasteiger partial charge in [0.1, 0.15) is 4.83 Å². The average Bonchev–Trinajstić information content (AvgIpc) is 3.53. The Morgan fingerprint density at radius 1 is 1.14 bits per heavy atom. The van der Waals surface area contributed by atoms with Gasteiger partial charge in [-0.25, -0.2) is 9.97 Å². The van der Waals surface area contributed by atoms with Crippen LogP contribution in [0.2, 0.25) is 0 Å². The molecule has 2 fully saturated rings. The van der Waals surface area contributed by atoms with E-state index in [-0.39, 0.29) is 6.29 Å². The van der Waals surface area contributed by atoms with Crippen LogP contribution < -0.4 is 5.32 Å². The molecule has 2 aliphatic heterocycles. The van der Waals surface area contributed by atoms with Crippen LogP contribution in [0.5, 0.6) is 0 Å². The molecule has 8 heteroatoms. The number of hydrogen-bond acceptors (Lipinski definition) is 8. The van der Waals surface area contributed by atoms with Crippen LogP contribution in [-0.4, -0.2) is 53.5 Å². The number of rotatable bonds is 7.